The van der Waals surface area contributed by atoms with E-state index in [1.165, 1.54) is 18.2 Å². The zero-order valence-corrected chi connectivity index (χ0v) is 11.9. The Bertz CT molecular complexity index is 706. The maximum absolute atomic E-state index is 12.4. The van der Waals surface area contributed by atoms with E-state index in [9.17, 15) is 19.5 Å². The average molecular weight is 298 g/mol. The summed E-state index contributed by atoms with van der Waals surface area (Å²) < 4.78 is 4.38. The summed E-state index contributed by atoms with van der Waals surface area (Å²) >= 11 is 0. The molecule has 2 aromatic rings. The molecule has 1 unspecified atom stereocenters. The van der Waals surface area contributed by atoms with Gasteiger partial charge in [0.25, 0.3) is 5.78 Å². The van der Waals surface area contributed by atoms with Crippen LogP contribution in [0.4, 0.5) is 0 Å². The molecule has 5 nitrogen and oxygen atoms in total. The molecule has 0 saturated heterocycles. The molecule has 22 heavy (non-hydrogen) atoms. The predicted octanol–water partition coefficient (Wildman–Crippen LogP) is 1.96. The lowest BCUT2D eigenvalue weighted by atomic mass is 9.94. The number of ketones is 2. The van der Waals surface area contributed by atoms with Crippen molar-refractivity contribution in [3.63, 3.8) is 0 Å². The van der Waals surface area contributed by atoms with Crippen molar-refractivity contribution in [2.45, 2.75) is 6.10 Å². The first-order valence-electron chi connectivity index (χ1n) is 6.55. The standard InChI is InChI=1S/C17H14O5/c1-22-17(21)16(20)13-10-6-5-9-12(13)15(19)14(18)11-7-3-2-4-8-11/h2-10,14,18H,1H3. The molecule has 2 aromatic carbocycles. The maximum atomic E-state index is 12.4. The number of hydrogen-bond acceptors (Lipinski definition) is 5. The first kappa shape index (κ1) is 15.6. The number of carbonyl (C=O) groups is 3. The van der Waals surface area contributed by atoms with E-state index in [0.29, 0.717) is 5.56 Å². The van der Waals surface area contributed by atoms with E-state index in [2.05, 4.69) is 4.74 Å². The van der Waals surface area contributed by atoms with Crippen LogP contribution in [0.5, 0.6) is 0 Å². The quantitative estimate of drug-likeness (QED) is 0.518. The van der Waals surface area contributed by atoms with Crippen LogP contribution in [0.15, 0.2) is 54.6 Å². The van der Waals surface area contributed by atoms with Crippen LogP contribution in [0, 0.1) is 0 Å². The Labute approximate surface area is 127 Å². The highest BCUT2D eigenvalue weighted by Crippen LogP contribution is 2.21. The van der Waals surface area contributed by atoms with Gasteiger partial charge in [-0.1, -0.05) is 54.6 Å². The highest BCUT2D eigenvalue weighted by Gasteiger charge is 2.26. The normalized spacial score (nSPS) is 11.5. The van der Waals surface area contributed by atoms with Crippen molar-refractivity contribution in [1.29, 1.82) is 0 Å². The third kappa shape index (κ3) is 3.10. The Kier molecular flexibility index (Phi) is 4.80. The van der Waals surface area contributed by atoms with Gasteiger partial charge in [-0.3, -0.25) is 9.59 Å². The van der Waals surface area contributed by atoms with Crippen molar-refractivity contribution in [3.8, 4) is 0 Å². The molecule has 1 atom stereocenters. The van der Waals surface area contributed by atoms with E-state index in [0.717, 1.165) is 7.11 Å². The number of carbonyl (C=O) groups excluding carboxylic acids is 3. The summed E-state index contributed by atoms with van der Waals surface area (Å²) in [6.07, 6.45) is -1.41. The minimum atomic E-state index is -1.41. The van der Waals surface area contributed by atoms with E-state index >= 15 is 0 Å². The van der Waals surface area contributed by atoms with Crippen LogP contribution < -0.4 is 0 Å². The van der Waals surface area contributed by atoms with Crippen LogP contribution in [0.2, 0.25) is 0 Å². The fourth-order valence-electron chi connectivity index (χ4n) is 2.03. The summed E-state index contributed by atoms with van der Waals surface area (Å²) in [5.74, 6) is -2.64. The Balaban J connectivity index is 2.39. The van der Waals surface area contributed by atoms with Gasteiger partial charge in [0, 0.05) is 11.1 Å². The number of rotatable bonds is 5. The molecule has 0 radical (unpaired) electrons. The molecule has 0 bridgehead atoms. The van der Waals surface area contributed by atoms with Gasteiger partial charge in [0.1, 0.15) is 6.10 Å². The molecule has 2 rings (SSSR count). The fraction of sp³-hybridized carbons (Fsp3) is 0.118. The van der Waals surface area contributed by atoms with Gasteiger partial charge in [0.05, 0.1) is 7.11 Å². The SMILES string of the molecule is COC(=O)C(=O)c1ccccc1C(=O)C(O)c1ccccc1. The smallest absolute Gasteiger partial charge is 0.379 e. The van der Waals surface area contributed by atoms with Crippen molar-refractivity contribution < 1.29 is 24.2 Å². The Morgan fingerprint density at radius 2 is 1.45 bits per heavy atom. The topological polar surface area (TPSA) is 80.7 Å². The molecule has 0 aliphatic heterocycles. The summed E-state index contributed by atoms with van der Waals surface area (Å²) in [5.41, 5.74) is 0.302. The molecule has 0 amide bonds. The van der Waals surface area contributed by atoms with E-state index in [-0.39, 0.29) is 11.1 Å². The third-order valence-corrected chi connectivity index (χ3v) is 3.17. The van der Waals surface area contributed by atoms with Gasteiger partial charge in [-0.15, -0.1) is 0 Å². The molecule has 5 heteroatoms. The molecule has 0 spiro atoms. The van der Waals surface area contributed by atoms with Crippen molar-refractivity contribution in [3.05, 3.63) is 71.3 Å². The highest BCUT2D eigenvalue weighted by molar-refractivity contribution is 6.42. The van der Waals surface area contributed by atoms with Gasteiger partial charge in [-0.25, -0.2) is 4.79 Å². The van der Waals surface area contributed by atoms with Gasteiger partial charge in [0.15, 0.2) is 5.78 Å². The second-order valence-electron chi connectivity index (χ2n) is 4.54. The largest absolute Gasteiger partial charge is 0.463 e. The number of benzene rings is 2. The number of hydrogen-bond donors (Lipinski definition) is 1. The average Bonchev–Trinajstić information content (AvgIpc) is 2.59. The summed E-state index contributed by atoms with van der Waals surface area (Å²) in [6.45, 7) is 0. The molecule has 0 saturated carbocycles. The zero-order valence-electron chi connectivity index (χ0n) is 11.9. The van der Waals surface area contributed by atoms with Gasteiger partial charge in [-0.05, 0) is 5.56 Å². The molecule has 0 aliphatic carbocycles. The zero-order chi connectivity index (χ0) is 16.1. The lowest BCUT2D eigenvalue weighted by Crippen LogP contribution is -2.21. The predicted molar refractivity (Wildman–Crippen MR) is 78.5 cm³/mol. The van der Waals surface area contributed by atoms with Crippen LogP contribution in [0.3, 0.4) is 0 Å². The number of ether oxygens (including phenoxy) is 1. The van der Waals surface area contributed by atoms with Gasteiger partial charge in [0.2, 0.25) is 0 Å². The van der Waals surface area contributed by atoms with Crippen LogP contribution in [-0.4, -0.2) is 29.8 Å². The Morgan fingerprint density at radius 3 is 2.05 bits per heavy atom. The van der Waals surface area contributed by atoms with E-state index in [1.54, 1.807) is 36.4 Å². The van der Waals surface area contributed by atoms with Crippen LogP contribution in [0.1, 0.15) is 32.4 Å². The van der Waals surface area contributed by atoms with Crippen molar-refractivity contribution >= 4 is 17.5 Å². The molecule has 0 heterocycles. The van der Waals surface area contributed by atoms with Gasteiger partial charge >= 0.3 is 5.97 Å². The monoisotopic (exact) mass is 298 g/mol. The summed E-state index contributed by atoms with van der Waals surface area (Å²) in [5, 5.41) is 10.2. The number of aliphatic hydroxyl groups excluding tert-OH is 1. The summed E-state index contributed by atoms with van der Waals surface area (Å²) in [7, 11) is 1.09. The van der Waals surface area contributed by atoms with E-state index < -0.39 is 23.6 Å². The van der Waals surface area contributed by atoms with Crippen molar-refractivity contribution in [2.24, 2.45) is 0 Å². The summed E-state index contributed by atoms with van der Waals surface area (Å²) in [6, 6.07) is 14.2. The molecule has 112 valence electrons. The lowest BCUT2D eigenvalue weighted by molar-refractivity contribution is -0.135. The van der Waals surface area contributed by atoms with E-state index in [1.807, 2.05) is 0 Å². The number of esters is 1. The molecule has 0 fully saturated rings. The number of Topliss-reactive ketones (excluding diaryl/α,β-unsaturated/α-hetero) is 2. The molecule has 0 aromatic heterocycles. The minimum absolute atomic E-state index is 0.0192. The first-order valence-corrected chi connectivity index (χ1v) is 6.55. The Morgan fingerprint density at radius 1 is 0.909 bits per heavy atom. The third-order valence-electron chi connectivity index (χ3n) is 3.17. The van der Waals surface area contributed by atoms with Gasteiger partial charge in [-0.2, -0.15) is 0 Å². The molecule has 0 aliphatic rings. The Hall–Kier alpha value is -2.79. The first-order chi connectivity index (χ1) is 10.6. The molecular formula is C17H14O5. The van der Waals surface area contributed by atoms with Crippen molar-refractivity contribution in [1.82, 2.24) is 0 Å². The van der Waals surface area contributed by atoms with Gasteiger partial charge < -0.3 is 9.84 Å². The number of aliphatic hydroxyl groups is 1. The minimum Gasteiger partial charge on any atom is -0.463 e. The van der Waals surface area contributed by atoms with Crippen LogP contribution >= 0.6 is 0 Å². The second kappa shape index (κ2) is 6.78. The van der Waals surface area contributed by atoms with Crippen molar-refractivity contribution in [2.75, 3.05) is 7.11 Å². The second-order valence-corrected chi connectivity index (χ2v) is 4.54. The molecule has 1 N–H and O–H groups in total. The molecular weight excluding hydrogens is 284 g/mol. The fourth-order valence-corrected chi connectivity index (χ4v) is 2.03. The highest BCUT2D eigenvalue weighted by atomic mass is 16.5. The van der Waals surface area contributed by atoms with E-state index in [4.69, 9.17) is 0 Å². The lowest BCUT2D eigenvalue weighted by Gasteiger charge is -2.12. The number of methoxy groups -OCH3 is 1. The summed E-state index contributed by atoms with van der Waals surface area (Å²) in [4.78, 5) is 35.8. The maximum Gasteiger partial charge on any atom is 0.379 e. The van der Waals surface area contributed by atoms with Crippen LogP contribution in [-0.2, 0) is 9.53 Å². The van der Waals surface area contributed by atoms with Crippen LogP contribution in [0.25, 0.3) is 0 Å².